The fourth-order valence-corrected chi connectivity index (χ4v) is 4.31. The molecule has 1 fully saturated rings. The molecule has 1 saturated heterocycles. The number of nitrogen functional groups attached to an aromatic ring is 1. The van der Waals surface area contributed by atoms with Gasteiger partial charge in [0.1, 0.15) is 17.2 Å². The minimum atomic E-state index is 0.613. The molecule has 1 aliphatic rings. The second-order valence-electron chi connectivity index (χ2n) is 7.98. The van der Waals surface area contributed by atoms with Crippen molar-refractivity contribution in [3.8, 4) is 17.0 Å². The van der Waals surface area contributed by atoms with Crippen LogP contribution in [-0.4, -0.2) is 52.1 Å². The van der Waals surface area contributed by atoms with E-state index in [4.69, 9.17) is 15.5 Å². The van der Waals surface area contributed by atoms with Gasteiger partial charge in [-0.25, -0.2) is 9.97 Å². The zero-order chi connectivity index (χ0) is 21.9. The highest BCUT2D eigenvalue weighted by Gasteiger charge is 2.23. The first kappa shape index (κ1) is 20.3. The van der Waals surface area contributed by atoms with Gasteiger partial charge in [0.25, 0.3) is 0 Å². The van der Waals surface area contributed by atoms with E-state index in [2.05, 4.69) is 31.3 Å². The predicted molar refractivity (Wildman–Crippen MR) is 128 cm³/mol. The van der Waals surface area contributed by atoms with Crippen molar-refractivity contribution in [2.24, 2.45) is 0 Å². The van der Waals surface area contributed by atoms with Gasteiger partial charge in [0.2, 0.25) is 0 Å². The van der Waals surface area contributed by atoms with E-state index in [1.807, 2.05) is 61.8 Å². The summed E-state index contributed by atoms with van der Waals surface area (Å²) in [5, 5.41) is 0. The van der Waals surface area contributed by atoms with Crippen molar-refractivity contribution < 1.29 is 4.74 Å². The number of hydrogen-bond acceptors (Lipinski definition) is 6. The van der Waals surface area contributed by atoms with Crippen LogP contribution in [0.5, 0.6) is 5.75 Å². The fourth-order valence-electron chi connectivity index (χ4n) is 4.31. The van der Waals surface area contributed by atoms with Gasteiger partial charge in [0.15, 0.2) is 0 Å². The number of ether oxygens (including phenoxy) is 1. The molecule has 0 radical (unpaired) electrons. The standard InChI is InChI=1S/C25H28N6O/c1-2-32-22-8-4-3-7-20(22)25-21(31-17-19(26)10-11-24(31)28-25)18-29-13-15-30(16-14-29)23-9-5-6-12-27-23/h3-12,17H,2,13-16,18,26H2,1H3. The number of rotatable bonds is 6. The van der Waals surface area contributed by atoms with Crippen molar-refractivity contribution in [2.75, 3.05) is 43.4 Å². The monoisotopic (exact) mass is 428 g/mol. The third-order valence-electron chi connectivity index (χ3n) is 5.90. The lowest BCUT2D eigenvalue weighted by Gasteiger charge is -2.35. The number of fused-ring (bicyclic) bond motifs is 1. The number of aromatic nitrogens is 3. The quantitative estimate of drug-likeness (QED) is 0.505. The van der Waals surface area contributed by atoms with Gasteiger partial charge in [-0.15, -0.1) is 0 Å². The Morgan fingerprint density at radius 2 is 1.78 bits per heavy atom. The molecule has 2 N–H and O–H groups in total. The van der Waals surface area contributed by atoms with Gasteiger partial charge in [-0.05, 0) is 43.3 Å². The summed E-state index contributed by atoms with van der Waals surface area (Å²) in [4.78, 5) is 14.3. The number of hydrogen-bond donors (Lipinski definition) is 1. The molecule has 4 heterocycles. The Bertz CT molecular complexity index is 1200. The van der Waals surface area contributed by atoms with Crippen molar-refractivity contribution >= 4 is 17.2 Å². The van der Waals surface area contributed by atoms with Crippen LogP contribution in [0.4, 0.5) is 11.5 Å². The van der Waals surface area contributed by atoms with Crippen molar-refractivity contribution in [1.29, 1.82) is 0 Å². The molecular formula is C25H28N6O. The number of imidazole rings is 1. The highest BCUT2D eigenvalue weighted by molar-refractivity contribution is 5.72. The number of anilines is 2. The summed E-state index contributed by atoms with van der Waals surface area (Å²) in [5.41, 5.74) is 10.8. The Kier molecular flexibility index (Phi) is 5.64. The summed E-state index contributed by atoms with van der Waals surface area (Å²) in [7, 11) is 0. The van der Waals surface area contributed by atoms with Crippen LogP contribution in [0.2, 0.25) is 0 Å². The molecule has 0 bridgehead atoms. The van der Waals surface area contributed by atoms with Gasteiger partial charge in [-0.2, -0.15) is 0 Å². The molecule has 0 unspecified atom stereocenters. The van der Waals surface area contributed by atoms with Gasteiger partial charge in [0, 0.05) is 56.4 Å². The summed E-state index contributed by atoms with van der Waals surface area (Å²) in [6.07, 6.45) is 3.82. The third kappa shape index (κ3) is 3.99. The molecule has 7 nitrogen and oxygen atoms in total. The Morgan fingerprint density at radius 1 is 0.969 bits per heavy atom. The molecule has 0 aliphatic carbocycles. The normalized spacial score (nSPS) is 14.7. The van der Waals surface area contributed by atoms with E-state index in [9.17, 15) is 0 Å². The number of nitrogens with zero attached hydrogens (tertiary/aromatic N) is 5. The second kappa shape index (κ2) is 8.88. The minimum Gasteiger partial charge on any atom is -0.493 e. The molecular weight excluding hydrogens is 400 g/mol. The Morgan fingerprint density at radius 3 is 2.56 bits per heavy atom. The maximum atomic E-state index is 6.13. The summed E-state index contributed by atoms with van der Waals surface area (Å²) in [5.74, 6) is 1.90. The zero-order valence-electron chi connectivity index (χ0n) is 18.3. The summed E-state index contributed by atoms with van der Waals surface area (Å²) >= 11 is 0. The van der Waals surface area contributed by atoms with Gasteiger partial charge < -0.3 is 19.8 Å². The molecule has 5 rings (SSSR count). The van der Waals surface area contributed by atoms with E-state index in [-0.39, 0.29) is 0 Å². The van der Waals surface area contributed by atoms with Crippen molar-refractivity contribution in [2.45, 2.75) is 13.5 Å². The van der Waals surface area contributed by atoms with Gasteiger partial charge >= 0.3 is 0 Å². The number of para-hydroxylation sites is 1. The van der Waals surface area contributed by atoms with E-state index in [0.717, 1.165) is 72.6 Å². The van der Waals surface area contributed by atoms with Crippen LogP contribution in [0, 0.1) is 0 Å². The minimum absolute atomic E-state index is 0.613. The van der Waals surface area contributed by atoms with E-state index in [1.54, 1.807) is 0 Å². The van der Waals surface area contributed by atoms with Crippen LogP contribution in [0.25, 0.3) is 16.9 Å². The largest absolute Gasteiger partial charge is 0.493 e. The second-order valence-corrected chi connectivity index (χ2v) is 7.98. The van der Waals surface area contributed by atoms with Crippen LogP contribution in [0.15, 0.2) is 67.0 Å². The molecule has 1 aliphatic heterocycles. The molecule has 32 heavy (non-hydrogen) atoms. The zero-order valence-corrected chi connectivity index (χ0v) is 18.3. The maximum absolute atomic E-state index is 6.13. The lowest BCUT2D eigenvalue weighted by atomic mass is 10.1. The molecule has 0 saturated carbocycles. The molecule has 0 spiro atoms. The molecule has 4 aromatic rings. The molecule has 7 heteroatoms. The van der Waals surface area contributed by atoms with Crippen molar-refractivity contribution in [3.05, 3.63) is 72.7 Å². The van der Waals surface area contributed by atoms with Crippen molar-refractivity contribution in [1.82, 2.24) is 19.3 Å². The molecule has 164 valence electrons. The van der Waals surface area contributed by atoms with Gasteiger partial charge in [-0.3, -0.25) is 4.90 Å². The van der Waals surface area contributed by atoms with Gasteiger partial charge in [0.05, 0.1) is 18.0 Å². The van der Waals surface area contributed by atoms with Crippen LogP contribution in [0.3, 0.4) is 0 Å². The van der Waals surface area contributed by atoms with E-state index < -0.39 is 0 Å². The Hall–Kier alpha value is -3.58. The van der Waals surface area contributed by atoms with E-state index in [0.29, 0.717) is 6.61 Å². The SMILES string of the molecule is CCOc1ccccc1-c1nc2ccc(N)cn2c1CN1CCN(c2ccccn2)CC1. The number of nitrogens with two attached hydrogens (primary N) is 1. The Labute approximate surface area is 188 Å². The first-order valence-electron chi connectivity index (χ1n) is 11.1. The molecule has 0 atom stereocenters. The lowest BCUT2D eigenvalue weighted by molar-refractivity contribution is 0.246. The number of benzene rings is 1. The first-order chi connectivity index (χ1) is 15.7. The van der Waals surface area contributed by atoms with Crippen molar-refractivity contribution in [3.63, 3.8) is 0 Å². The van der Waals surface area contributed by atoms with E-state index in [1.165, 1.54) is 0 Å². The highest BCUT2D eigenvalue weighted by atomic mass is 16.5. The van der Waals surface area contributed by atoms with Crippen LogP contribution in [-0.2, 0) is 6.54 Å². The molecule has 1 aromatic carbocycles. The fraction of sp³-hybridized carbons (Fsp3) is 0.280. The van der Waals surface area contributed by atoms with Crippen LogP contribution < -0.4 is 15.4 Å². The Balaban J connectivity index is 1.46. The summed E-state index contributed by atoms with van der Waals surface area (Å²) in [6, 6.07) is 18.1. The molecule has 0 amide bonds. The van der Waals surface area contributed by atoms with Crippen LogP contribution in [0.1, 0.15) is 12.6 Å². The smallest absolute Gasteiger partial charge is 0.137 e. The first-order valence-corrected chi connectivity index (χ1v) is 11.1. The molecule has 3 aromatic heterocycles. The highest BCUT2D eigenvalue weighted by Crippen LogP contribution is 2.33. The predicted octanol–water partition coefficient (Wildman–Crippen LogP) is 3.70. The third-order valence-corrected chi connectivity index (χ3v) is 5.90. The van der Waals surface area contributed by atoms with Gasteiger partial charge in [-0.1, -0.05) is 18.2 Å². The maximum Gasteiger partial charge on any atom is 0.137 e. The number of piperazine rings is 1. The summed E-state index contributed by atoms with van der Waals surface area (Å²) in [6.45, 7) is 7.21. The lowest BCUT2D eigenvalue weighted by Crippen LogP contribution is -2.46. The van der Waals surface area contributed by atoms with Crippen LogP contribution >= 0.6 is 0 Å². The summed E-state index contributed by atoms with van der Waals surface area (Å²) < 4.78 is 8.04. The topological polar surface area (TPSA) is 71.9 Å². The average molecular weight is 429 g/mol. The number of pyridine rings is 2. The average Bonchev–Trinajstić information content (AvgIpc) is 3.18. The van der Waals surface area contributed by atoms with E-state index >= 15 is 0 Å².